The zero-order chi connectivity index (χ0) is 7.28. The predicted octanol–water partition coefficient (Wildman–Crippen LogP) is -0.0956. The first kappa shape index (κ1) is 9.07. The molecule has 1 N–H and O–H groups in total. The molecule has 56 valence electrons. The normalized spacial score (nSPS) is 17.2. The van der Waals surface area contributed by atoms with Gasteiger partial charge in [0.15, 0.2) is 0 Å². The molecule has 0 aliphatic rings. The summed E-state index contributed by atoms with van der Waals surface area (Å²) in [5.74, 6) is 0. The second-order valence-electron chi connectivity index (χ2n) is 1.85. The average Bonchev–Trinajstić information content (AvgIpc) is 1.83. The van der Waals surface area contributed by atoms with Crippen molar-refractivity contribution >= 4 is 11.0 Å². The summed E-state index contributed by atoms with van der Waals surface area (Å²) in [6.45, 7) is 2.56. The fourth-order valence-corrected chi connectivity index (χ4v) is 0.787. The molecule has 0 aromatic heterocycles. The lowest BCUT2D eigenvalue weighted by atomic mass is 10.4. The van der Waals surface area contributed by atoms with Crippen LogP contribution in [0.3, 0.4) is 0 Å². The summed E-state index contributed by atoms with van der Waals surface area (Å²) in [4.78, 5) is 0. The summed E-state index contributed by atoms with van der Waals surface area (Å²) in [5, 5.41) is 0. The van der Waals surface area contributed by atoms with E-state index >= 15 is 0 Å². The molecule has 2 unspecified atom stereocenters. The van der Waals surface area contributed by atoms with E-state index < -0.39 is 11.0 Å². The van der Waals surface area contributed by atoms with Crippen molar-refractivity contribution in [1.29, 1.82) is 0 Å². The first-order chi connectivity index (χ1) is 4.16. The Balaban J connectivity index is 3.16. The summed E-state index contributed by atoms with van der Waals surface area (Å²) in [5.41, 5.74) is 0. The van der Waals surface area contributed by atoms with Gasteiger partial charge < -0.3 is 4.74 Å². The number of nitrogens with one attached hydrogen (secondary N) is 1. The maximum atomic E-state index is 10.4. The number of hydrogen-bond donors (Lipinski definition) is 1. The highest BCUT2D eigenvalue weighted by Gasteiger charge is 1.97. The van der Waals surface area contributed by atoms with E-state index in [1.54, 1.807) is 13.4 Å². The van der Waals surface area contributed by atoms with Gasteiger partial charge >= 0.3 is 0 Å². The van der Waals surface area contributed by atoms with Crippen LogP contribution in [0.5, 0.6) is 0 Å². The quantitative estimate of drug-likeness (QED) is 0.609. The fraction of sp³-hybridized carbons (Fsp3) is 1.00. The molecule has 0 aliphatic heterocycles. The first-order valence-electron chi connectivity index (χ1n) is 2.76. The van der Waals surface area contributed by atoms with Crippen molar-refractivity contribution in [3.63, 3.8) is 0 Å². The van der Waals surface area contributed by atoms with Crippen molar-refractivity contribution < 1.29 is 8.95 Å². The van der Waals surface area contributed by atoms with Crippen LogP contribution in [-0.4, -0.2) is 30.2 Å². The minimum Gasteiger partial charge on any atom is -0.380 e. The highest BCUT2D eigenvalue weighted by Crippen LogP contribution is 1.82. The molecule has 0 radical (unpaired) electrons. The standard InChI is InChI=1S/C5H13NO2S/c1-5(8-2)4-6-9(3)7/h5-6H,4H2,1-3H3. The fourth-order valence-electron chi connectivity index (χ4n) is 0.318. The minimum absolute atomic E-state index is 0.133. The van der Waals surface area contributed by atoms with Crippen LogP contribution in [0.25, 0.3) is 0 Å². The minimum atomic E-state index is -0.918. The van der Waals surface area contributed by atoms with Crippen LogP contribution in [-0.2, 0) is 15.7 Å². The van der Waals surface area contributed by atoms with Crippen molar-refractivity contribution in [3.8, 4) is 0 Å². The molecule has 0 bridgehead atoms. The van der Waals surface area contributed by atoms with Gasteiger partial charge in [-0.1, -0.05) is 0 Å². The summed E-state index contributed by atoms with van der Waals surface area (Å²) >= 11 is 0. The van der Waals surface area contributed by atoms with E-state index in [2.05, 4.69) is 4.72 Å². The molecule has 0 saturated heterocycles. The summed E-state index contributed by atoms with van der Waals surface area (Å²) in [6.07, 6.45) is 1.73. The molecule has 9 heavy (non-hydrogen) atoms. The Kier molecular flexibility index (Phi) is 4.94. The Hall–Kier alpha value is 0.0700. The molecule has 0 aromatic rings. The van der Waals surface area contributed by atoms with Crippen molar-refractivity contribution in [2.75, 3.05) is 19.9 Å². The first-order valence-corrected chi connectivity index (χ1v) is 4.32. The Morgan fingerprint density at radius 1 is 1.78 bits per heavy atom. The monoisotopic (exact) mass is 151 g/mol. The van der Waals surface area contributed by atoms with Crippen LogP contribution < -0.4 is 4.72 Å². The number of hydrogen-bond acceptors (Lipinski definition) is 2. The summed E-state index contributed by atoms with van der Waals surface area (Å²) in [6, 6.07) is 0. The lowest BCUT2D eigenvalue weighted by molar-refractivity contribution is 0.122. The topological polar surface area (TPSA) is 38.3 Å². The summed E-state index contributed by atoms with van der Waals surface area (Å²) < 4.78 is 18.1. The van der Waals surface area contributed by atoms with Gasteiger partial charge in [-0.05, 0) is 6.92 Å². The Morgan fingerprint density at radius 2 is 2.33 bits per heavy atom. The molecule has 0 fully saturated rings. The largest absolute Gasteiger partial charge is 0.380 e. The van der Waals surface area contributed by atoms with E-state index in [1.807, 2.05) is 6.92 Å². The van der Waals surface area contributed by atoms with Crippen molar-refractivity contribution in [2.45, 2.75) is 13.0 Å². The van der Waals surface area contributed by atoms with Gasteiger partial charge in [0.05, 0.1) is 17.1 Å². The van der Waals surface area contributed by atoms with E-state index in [9.17, 15) is 4.21 Å². The van der Waals surface area contributed by atoms with Gasteiger partial charge in [-0.2, -0.15) is 0 Å². The second kappa shape index (κ2) is 4.90. The molecule has 3 nitrogen and oxygen atoms in total. The van der Waals surface area contributed by atoms with Crippen molar-refractivity contribution in [1.82, 2.24) is 4.72 Å². The van der Waals surface area contributed by atoms with Gasteiger partial charge in [-0.3, -0.25) is 0 Å². The van der Waals surface area contributed by atoms with Crippen LogP contribution in [0.1, 0.15) is 6.92 Å². The number of ether oxygens (including phenoxy) is 1. The van der Waals surface area contributed by atoms with E-state index in [0.717, 1.165) is 0 Å². The zero-order valence-electron chi connectivity index (χ0n) is 6.01. The van der Waals surface area contributed by atoms with Crippen LogP contribution >= 0.6 is 0 Å². The second-order valence-corrected chi connectivity index (χ2v) is 3.05. The molecular weight excluding hydrogens is 138 g/mol. The molecule has 0 saturated carbocycles. The van der Waals surface area contributed by atoms with Gasteiger partial charge in [0.2, 0.25) is 0 Å². The Morgan fingerprint density at radius 3 is 2.67 bits per heavy atom. The van der Waals surface area contributed by atoms with Gasteiger partial charge in [0.1, 0.15) is 0 Å². The van der Waals surface area contributed by atoms with E-state index in [1.165, 1.54) is 0 Å². The molecule has 0 rings (SSSR count). The van der Waals surface area contributed by atoms with Gasteiger partial charge in [0, 0.05) is 19.9 Å². The predicted molar refractivity (Wildman–Crippen MR) is 38.5 cm³/mol. The van der Waals surface area contributed by atoms with Crippen molar-refractivity contribution in [2.24, 2.45) is 0 Å². The average molecular weight is 151 g/mol. The maximum absolute atomic E-state index is 10.4. The smallest absolute Gasteiger partial charge is 0.0884 e. The van der Waals surface area contributed by atoms with Gasteiger partial charge in [-0.25, -0.2) is 8.93 Å². The Labute approximate surface area is 58.4 Å². The van der Waals surface area contributed by atoms with Crippen LogP contribution in [0.4, 0.5) is 0 Å². The molecule has 2 atom stereocenters. The maximum Gasteiger partial charge on any atom is 0.0884 e. The van der Waals surface area contributed by atoms with Crippen molar-refractivity contribution in [3.05, 3.63) is 0 Å². The lowest BCUT2D eigenvalue weighted by Gasteiger charge is -2.07. The molecule has 4 heteroatoms. The molecule has 0 heterocycles. The molecule has 0 spiro atoms. The summed E-state index contributed by atoms with van der Waals surface area (Å²) in [7, 11) is 0.712. The van der Waals surface area contributed by atoms with Gasteiger partial charge in [-0.15, -0.1) is 0 Å². The van der Waals surface area contributed by atoms with Crippen LogP contribution in [0, 0.1) is 0 Å². The van der Waals surface area contributed by atoms with Gasteiger partial charge in [0.25, 0.3) is 0 Å². The Bertz CT molecular complexity index is 97.0. The highest BCUT2D eigenvalue weighted by molar-refractivity contribution is 7.82. The van der Waals surface area contributed by atoms with E-state index in [4.69, 9.17) is 4.74 Å². The van der Waals surface area contributed by atoms with E-state index in [-0.39, 0.29) is 6.10 Å². The molecule has 0 aliphatic carbocycles. The van der Waals surface area contributed by atoms with Crippen LogP contribution in [0.2, 0.25) is 0 Å². The highest BCUT2D eigenvalue weighted by atomic mass is 32.2. The zero-order valence-corrected chi connectivity index (χ0v) is 6.83. The number of methoxy groups -OCH3 is 1. The third kappa shape index (κ3) is 5.95. The lowest BCUT2D eigenvalue weighted by Crippen LogP contribution is -2.26. The third-order valence-electron chi connectivity index (χ3n) is 0.976. The SMILES string of the molecule is COC(C)CNS(C)=O. The molecule has 0 amide bonds. The molecular formula is C5H13NO2S. The van der Waals surface area contributed by atoms with E-state index in [0.29, 0.717) is 6.54 Å². The molecule has 0 aromatic carbocycles. The van der Waals surface area contributed by atoms with Crippen LogP contribution in [0.15, 0.2) is 0 Å². The number of rotatable bonds is 4. The third-order valence-corrected chi connectivity index (χ3v) is 1.55.